The number of anilines is 1. The van der Waals surface area contributed by atoms with Crippen LogP contribution in [0.3, 0.4) is 0 Å². The number of fused-ring (bicyclic) bond motifs is 1. The van der Waals surface area contributed by atoms with Crippen LogP contribution in [-0.2, 0) is 4.74 Å². The zero-order valence-corrected chi connectivity index (χ0v) is 15.4. The standard InChI is InChI=1S/C20H23ClN2O3/c1-2-11-26-20(25)22-16-7-8-17(18(21)12-16)19(24)23-10-9-14-5-3-4-6-15(14)13-23/h1,7-8,12,14-15H,3-6,9-11,13H2,(H,22,25)/t14-,15+/m1/s1. The Morgan fingerprint density at radius 1 is 1.27 bits per heavy atom. The van der Waals surface area contributed by atoms with Gasteiger partial charge in [0, 0.05) is 18.8 Å². The fourth-order valence-corrected chi connectivity index (χ4v) is 4.24. The van der Waals surface area contributed by atoms with E-state index in [1.807, 2.05) is 4.90 Å². The summed E-state index contributed by atoms with van der Waals surface area (Å²) in [7, 11) is 0. The van der Waals surface area contributed by atoms with E-state index >= 15 is 0 Å². The van der Waals surface area contributed by atoms with Crippen molar-refractivity contribution in [2.75, 3.05) is 25.0 Å². The first kappa shape index (κ1) is 18.6. The molecule has 0 bridgehead atoms. The van der Waals surface area contributed by atoms with Gasteiger partial charge in [0.2, 0.25) is 0 Å². The number of benzene rings is 1. The van der Waals surface area contributed by atoms with Crippen LogP contribution in [-0.4, -0.2) is 36.6 Å². The summed E-state index contributed by atoms with van der Waals surface area (Å²) in [6.45, 7) is 1.50. The minimum atomic E-state index is -0.655. The van der Waals surface area contributed by atoms with Crippen molar-refractivity contribution in [3.8, 4) is 12.3 Å². The molecule has 0 aromatic heterocycles. The first-order valence-corrected chi connectivity index (χ1v) is 9.42. The second kappa shape index (κ2) is 8.46. The number of likely N-dealkylation sites (tertiary alicyclic amines) is 1. The van der Waals surface area contributed by atoms with Crippen LogP contribution in [0.4, 0.5) is 10.5 Å². The Labute approximate surface area is 159 Å². The Morgan fingerprint density at radius 3 is 2.77 bits per heavy atom. The van der Waals surface area contributed by atoms with Gasteiger partial charge < -0.3 is 9.64 Å². The molecule has 138 valence electrons. The zero-order chi connectivity index (χ0) is 18.5. The molecule has 0 radical (unpaired) electrons. The Balaban J connectivity index is 1.64. The first-order valence-electron chi connectivity index (χ1n) is 9.04. The molecular formula is C20H23ClN2O3. The molecule has 2 aliphatic rings. The lowest BCUT2D eigenvalue weighted by molar-refractivity contribution is 0.0521. The largest absolute Gasteiger partial charge is 0.436 e. The summed E-state index contributed by atoms with van der Waals surface area (Å²) in [5.41, 5.74) is 0.919. The number of hydrogen-bond donors (Lipinski definition) is 1. The molecule has 1 saturated heterocycles. The summed E-state index contributed by atoms with van der Waals surface area (Å²) < 4.78 is 4.75. The van der Waals surface area contributed by atoms with E-state index in [4.69, 9.17) is 22.8 Å². The molecule has 3 rings (SSSR count). The van der Waals surface area contributed by atoms with Crippen LogP contribution in [0.2, 0.25) is 5.02 Å². The van der Waals surface area contributed by atoms with E-state index in [0.29, 0.717) is 22.2 Å². The summed E-state index contributed by atoms with van der Waals surface area (Å²) in [6, 6.07) is 4.84. The number of halogens is 1. The van der Waals surface area contributed by atoms with Crippen molar-refractivity contribution in [2.24, 2.45) is 11.8 Å². The number of nitrogens with one attached hydrogen (secondary N) is 1. The van der Waals surface area contributed by atoms with E-state index < -0.39 is 6.09 Å². The van der Waals surface area contributed by atoms with Gasteiger partial charge >= 0.3 is 6.09 Å². The van der Waals surface area contributed by atoms with E-state index in [-0.39, 0.29) is 12.5 Å². The maximum absolute atomic E-state index is 12.9. The van der Waals surface area contributed by atoms with Gasteiger partial charge in [0.1, 0.15) is 0 Å². The lowest BCUT2D eigenvalue weighted by Crippen LogP contribution is -2.44. The van der Waals surface area contributed by atoms with E-state index in [1.54, 1.807) is 18.2 Å². The molecule has 26 heavy (non-hydrogen) atoms. The number of carbonyl (C=O) groups excluding carboxylic acids is 2. The molecule has 0 unspecified atom stereocenters. The SMILES string of the molecule is C#CCOC(=O)Nc1ccc(C(=O)N2CC[C@H]3CCCC[C@H]3C2)c(Cl)c1. The minimum Gasteiger partial charge on any atom is -0.436 e. The van der Waals surface area contributed by atoms with E-state index in [0.717, 1.165) is 25.4 Å². The Kier molecular flexibility index (Phi) is 6.05. The molecule has 2 fully saturated rings. The highest BCUT2D eigenvalue weighted by Crippen LogP contribution is 2.36. The average molecular weight is 375 g/mol. The van der Waals surface area contributed by atoms with Crippen molar-refractivity contribution in [2.45, 2.75) is 32.1 Å². The highest BCUT2D eigenvalue weighted by molar-refractivity contribution is 6.34. The minimum absolute atomic E-state index is 0.0412. The van der Waals surface area contributed by atoms with Crippen molar-refractivity contribution in [3.63, 3.8) is 0 Å². The number of carbonyl (C=O) groups is 2. The van der Waals surface area contributed by atoms with Crippen LogP contribution in [0.25, 0.3) is 0 Å². The number of nitrogens with zero attached hydrogens (tertiary/aromatic N) is 1. The highest BCUT2D eigenvalue weighted by Gasteiger charge is 2.33. The molecular weight excluding hydrogens is 352 g/mol. The number of amides is 2. The maximum atomic E-state index is 12.9. The topological polar surface area (TPSA) is 58.6 Å². The van der Waals surface area contributed by atoms with Gasteiger partial charge in [0.25, 0.3) is 5.91 Å². The molecule has 5 nitrogen and oxygen atoms in total. The Bertz CT molecular complexity index is 728. The van der Waals surface area contributed by atoms with Crippen molar-refractivity contribution >= 4 is 29.3 Å². The van der Waals surface area contributed by atoms with Crippen LogP contribution in [0.15, 0.2) is 18.2 Å². The summed E-state index contributed by atoms with van der Waals surface area (Å²) >= 11 is 6.30. The second-order valence-corrected chi connectivity index (χ2v) is 7.35. The summed E-state index contributed by atoms with van der Waals surface area (Å²) in [5, 5.41) is 2.85. The maximum Gasteiger partial charge on any atom is 0.412 e. The molecule has 6 heteroatoms. The molecule has 1 aliphatic carbocycles. The van der Waals surface area contributed by atoms with Crippen molar-refractivity contribution in [3.05, 3.63) is 28.8 Å². The number of ether oxygens (including phenoxy) is 1. The van der Waals surface area contributed by atoms with Crippen LogP contribution in [0.5, 0.6) is 0 Å². The van der Waals surface area contributed by atoms with Gasteiger partial charge in [-0.25, -0.2) is 4.79 Å². The smallest absolute Gasteiger partial charge is 0.412 e. The van der Waals surface area contributed by atoms with Gasteiger partial charge in [-0.15, -0.1) is 6.42 Å². The Hall–Kier alpha value is -2.19. The van der Waals surface area contributed by atoms with Crippen molar-refractivity contribution in [1.82, 2.24) is 4.90 Å². The predicted molar refractivity (Wildman–Crippen MR) is 101 cm³/mol. The van der Waals surface area contributed by atoms with Gasteiger partial charge in [0.15, 0.2) is 6.61 Å². The lowest BCUT2D eigenvalue weighted by atomic mass is 9.75. The number of terminal acetylenes is 1. The predicted octanol–water partition coefficient (Wildman–Crippen LogP) is 4.17. The molecule has 1 N–H and O–H groups in total. The first-order chi connectivity index (χ1) is 12.6. The van der Waals surface area contributed by atoms with Crippen LogP contribution >= 0.6 is 11.6 Å². The molecule has 1 aromatic carbocycles. The van der Waals surface area contributed by atoms with Crippen LogP contribution in [0.1, 0.15) is 42.5 Å². The molecule has 0 spiro atoms. The second-order valence-electron chi connectivity index (χ2n) is 6.94. The summed E-state index contributed by atoms with van der Waals surface area (Å²) in [6.07, 6.45) is 10.6. The summed E-state index contributed by atoms with van der Waals surface area (Å²) in [5.74, 6) is 3.56. The lowest BCUT2D eigenvalue weighted by Gasteiger charge is -2.41. The number of hydrogen-bond acceptors (Lipinski definition) is 3. The normalized spacial score (nSPS) is 22.1. The molecule has 1 aromatic rings. The van der Waals surface area contributed by atoms with E-state index in [1.165, 1.54) is 25.7 Å². The molecule has 1 saturated carbocycles. The average Bonchev–Trinajstić information content (AvgIpc) is 2.65. The van der Waals surface area contributed by atoms with Gasteiger partial charge in [-0.2, -0.15) is 0 Å². The molecule has 2 atom stereocenters. The van der Waals surface area contributed by atoms with Gasteiger partial charge in [-0.3, -0.25) is 10.1 Å². The van der Waals surface area contributed by atoms with Gasteiger partial charge in [-0.1, -0.05) is 36.8 Å². The van der Waals surface area contributed by atoms with Gasteiger partial charge in [0.05, 0.1) is 10.6 Å². The third-order valence-corrected chi connectivity index (χ3v) is 5.62. The summed E-state index contributed by atoms with van der Waals surface area (Å²) in [4.78, 5) is 26.3. The Morgan fingerprint density at radius 2 is 2.04 bits per heavy atom. The van der Waals surface area contributed by atoms with E-state index in [2.05, 4.69) is 11.2 Å². The fourth-order valence-electron chi connectivity index (χ4n) is 3.98. The van der Waals surface area contributed by atoms with Crippen molar-refractivity contribution in [1.29, 1.82) is 0 Å². The number of piperidine rings is 1. The quantitative estimate of drug-likeness (QED) is 0.807. The molecule has 1 heterocycles. The highest BCUT2D eigenvalue weighted by atomic mass is 35.5. The number of rotatable bonds is 3. The fraction of sp³-hybridized carbons (Fsp3) is 0.500. The van der Waals surface area contributed by atoms with Crippen LogP contribution in [0, 0.1) is 24.2 Å². The third-order valence-electron chi connectivity index (χ3n) is 5.31. The molecule has 1 aliphatic heterocycles. The third kappa shape index (κ3) is 4.31. The monoisotopic (exact) mass is 374 g/mol. The zero-order valence-electron chi connectivity index (χ0n) is 14.7. The van der Waals surface area contributed by atoms with Gasteiger partial charge in [-0.05, 0) is 42.9 Å². The van der Waals surface area contributed by atoms with Crippen LogP contribution < -0.4 is 5.32 Å². The van der Waals surface area contributed by atoms with E-state index in [9.17, 15) is 9.59 Å². The van der Waals surface area contributed by atoms with Crippen molar-refractivity contribution < 1.29 is 14.3 Å². The molecule has 2 amide bonds.